The molecule has 1 aromatic rings. The fourth-order valence-corrected chi connectivity index (χ4v) is 3.58. The van der Waals surface area contributed by atoms with Gasteiger partial charge in [-0.1, -0.05) is 19.9 Å². The zero-order valence-corrected chi connectivity index (χ0v) is 15.3. The maximum Gasteiger partial charge on any atom is 0.303 e. The molecular formula is C20H31NO3. The SMILES string of the molecule is Cc1cc(OCCN2CCC[C@H](CC(=O)O)CC2)ccc1C(C)C. The van der Waals surface area contributed by atoms with Gasteiger partial charge >= 0.3 is 5.97 Å². The van der Waals surface area contributed by atoms with Crippen molar-refractivity contribution in [2.45, 2.75) is 52.4 Å². The molecule has 0 spiro atoms. The van der Waals surface area contributed by atoms with Crippen molar-refractivity contribution in [3.05, 3.63) is 29.3 Å². The summed E-state index contributed by atoms with van der Waals surface area (Å²) in [6.07, 6.45) is 3.40. The molecule has 0 amide bonds. The van der Waals surface area contributed by atoms with Gasteiger partial charge in [-0.15, -0.1) is 0 Å². The van der Waals surface area contributed by atoms with E-state index in [4.69, 9.17) is 9.84 Å². The maximum atomic E-state index is 10.9. The number of carboxylic acids is 1. The van der Waals surface area contributed by atoms with Crippen molar-refractivity contribution < 1.29 is 14.6 Å². The Morgan fingerprint density at radius 3 is 2.79 bits per heavy atom. The van der Waals surface area contributed by atoms with E-state index >= 15 is 0 Å². The molecule has 4 nitrogen and oxygen atoms in total. The monoisotopic (exact) mass is 333 g/mol. The van der Waals surface area contributed by atoms with Gasteiger partial charge < -0.3 is 9.84 Å². The van der Waals surface area contributed by atoms with Crippen LogP contribution >= 0.6 is 0 Å². The Morgan fingerprint density at radius 2 is 2.12 bits per heavy atom. The molecule has 2 rings (SSSR count). The second kappa shape index (κ2) is 9.07. The lowest BCUT2D eigenvalue weighted by Gasteiger charge is -2.20. The standard InChI is InChI=1S/C20H31NO3/c1-15(2)19-7-6-18(13-16(19)3)24-12-11-21-9-4-5-17(8-10-21)14-20(22)23/h6-7,13,15,17H,4-5,8-12,14H2,1-3H3,(H,22,23)/t17-/m0/s1. The van der Waals surface area contributed by atoms with Gasteiger partial charge in [-0.3, -0.25) is 9.69 Å². The third-order valence-electron chi connectivity index (χ3n) is 4.94. The summed E-state index contributed by atoms with van der Waals surface area (Å²) in [5.41, 5.74) is 2.66. The van der Waals surface area contributed by atoms with Crippen LogP contribution in [0.15, 0.2) is 18.2 Å². The number of rotatable bonds is 7. The molecular weight excluding hydrogens is 302 g/mol. The topological polar surface area (TPSA) is 49.8 Å². The summed E-state index contributed by atoms with van der Waals surface area (Å²) < 4.78 is 5.92. The van der Waals surface area contributed by atoms with Crippen molar-refractivity contribution in [3.63, 3.8) is 0 Å². The predicted octanol–water partition coefficient (Wildman–Crippen LogP) is 4.07. The average molecular weight is 333 g/mol. The fraction of sp³-hybridized carbons (Fsp3) is 0.650. The fourth-order valence-electron chi connectivity index (χ4n) is 3.58. The zero-order valence-electron chi connectivity index (χ0n) is 15.3. The Labute approximate surface area is 145 Å². The molecule has 134 valence electrons. The summed E-state index contributed by atoms with van der Waals surface area (Å²) in [5.74, 6) is 1.14. The highest BCUT2D eigenvalue weighted by atomic mass is 16.5. The van der Waals surface area contributed by atoms with E-state index in [2.05, 4.69) is 43.9 Å². The number of nitrogens with zero attached hydrogens (tertiary/aromatic N) is 1. The van der Waals surface area contributed by atoms with Gasteiger partial charge in [0.05, 0.1) is 0 Å². The number of likely N-dealkylation sites (tertiary alicyclic amines) is 1. The van der Waals surface area contributed by atoms with Gasteiger partial charge in [-0.05, 0) is 74.4 Å². The van der Waals surface area contributed by atoms with E-state index in [9.17, 15) is 4.79 Å². The Hall–Kier alpha value is -1.55. The first-order chi connectivity index (χ1) is 11.5. The third-order valence-corrected chi connectivity index (χ3v) is 4.94. The van der Waals surface area contributed by atoms with Crippen molar-refractivity contribution in [1.29, 1.82) is 0 Å². The molecule has 0 bridgehead atoms. The minimum absolute atomic E-state index is 0.311. The molecule has 1 heterocycles. The van der Waals surface area contributed by atoms with Crippen LogP contribution in [0.5, 0.6) is 5.75 Å². The van der Waals surface area contributed by atoms with Gasteiger partial charge in [0.2, 0.25) is 0 Å². The van der Waals surface area contributed by atoms with Crippen LogP contribution < -0.4 is 4.74 Å². The zero-order chi connectivity index (χ0) is 17.5. The number of carboxylic acid groups (broad SMARTS) is 1. The summed E-state index contributed by atoms with van der Waals surface area (Å²) in [4.78, 5) is 13.3. The minimum atomic E-state index is -0.669. The van der Waals surface area contributed by atoms with E-state index in [1.807, 2.05) is 0 Å². The smallest absolute Gasteiger partial charge is 0.303 e. The molecule has 0 unspecified atom stereocenters. The second-order valence-corrected chi connectivity index (χ2v) is 7.26. The highest BCUT2D eigenvalue weighted by Crippen LogP contribution is 2.24. The Balaban J connectivity index is 1.76. The molecule has 0 aliphatic carbocycles. The lowest BCUT2D eigenvalue weighted by Crippen LogP contribution is -2.29. The largest absolute Gasteiger partial charge is 0.492 e. The Kier molecular flexibility index (Phi) is 7.10. The van der Waals surface area contributed by atoms with E-state index < -0.39 is 5.97 Å². The van der Waals surface area contributed by atoms with Crippen LogP contribution in [-0.4, -0.2) is 42.2 Å². The molecule has 1 aromatic carbocycles. The first kappa shape index (κ1) is 18.8. The quantitative estimate of drug-likeness (QED) is 0.817. The average Bonchev–Trinajstić information content (AvgIpc) is 2.72. The summed E-state index contributed by atoms with van der Waals surface area (Å²) in [6.45, 7) is 10.2. The number of aliphatic carboxylic acids is 1. The van der Waals surface area contributed by atoms with Crippen LogP contribution in [-0.2, 0) is 4.79 Å². The van der Waals surface area contributed by atoms with Gasteiger partial charge in [0, 0.05) is 13.0 Å². The molecule has 1 atom stereocenters. The van der Waals surface area contributed by atoms with Crippen molar-refractivity contribution in [2.75, 3.05) is 26.2 Å². The molecule has 1 aliphatic rings. The summed E-state index contributed by atoms with van der Waals surface area (Å²) in [5, 5.41) is 8.93. The minimum Gasteiger partial charge on any atom is -0.492 e. The summed E-state index contributed by atoms with van der Waals surface area (Å²) in [6, 6.07) is 6.35. The third kappa shape index (κ3) is 5.82. The maximum absolute atomic E-state index is 10.9. The van der Waals surface area contributed by atoms with Crippen LogP contribution in [0.4, 0.5) is 0 Å². The van der Waals surface area contributed by atoms with E-state index in [1.165, 1.54) is 11.1 Å². The molecule has 0 saturated carbocycles. The van der Waals surface area contributed by atoms with E-state index in [-0.39, 0.29) is 0 Å². The molecule has 4 heteroatoms. The molecule has 0 aromatic heterocycles. The second-order valence-electron chi connectivity index (χ2n) is 7.26. The number of hydrogen-bond acceptors (Lipinski definition) is 3. The molecule has 1 N–H and O–H groups in total. The van der Waals surface area contributed by atoms with Gasteiger partial charge in [-0.25, -0.2) is 0 Å². The lowest BCUT2D eigenvalue weighted by molar-refractivity contribution is -0.138. The van der Waals surface area contributed by atoms with Gasteiger partial charge in [0.1, 0.15) is 12.4 Å². The van der Waals surface area contributed by atoms with E-state index in [0.717, 1.165) is 44.6 Å². The highest BCUT2D eigenvalue weighted by Gasteiger charge is 2.19. The molecule has 1 saturated heterocycles. The van der Waals surface area contributed by atoms with E-state index in [0.29, 0.717) is 24.9 Å². The molecule has 1 aliphatic heterocycles. The molecule has 1 fully saturated rings. The lowest BCUT2D eigenvalue weighted by atomic mass is 9.97. The van der Waals surface area contributed by atoms with Crippen LogP contribution in [0.1, 0.15) is 56.6 Å². The van der Waals surface area contributed by atoms with Crippen molar-refractivity contribution in [2.24, 2.45) is 5.92 Å². The first-order valence-corrected chi connectivity index (χ1v) is 9.13. The van der Waals surface area contributed by atoms with Crippen molar-refractivity contribution in [3.8, 4) is 5.75 Å². The number of aryl methyl sites for hydroxylation is 1. The van der Waals surface area contributed by atoms with Crippen LogP contribution in [0, 0.1) is 12.8 Å². The van der Waals surface area contributed by atoms with Gasteiger partial charge in [0.25, 0.3) is 0 Å². The van der Waals surface area contributed by atoms with Crippen molar-refractivity contribution >= 4 is 5.97 Å². The Morgan fingerprint density at radius 1 is 1.33 bits per heavy atom. The highest BCUT2D eigenvalue weighted by molar-refractivity contribution is 5.67. The molecule has 0 radical (unpaired) electrons. The number of ether oxygens (including phenoxy) is 1. The van der Waals surface area contributed by atoms with Crippen LogP contribution in [0.2, 0.25) is 0 Å². The number of hydrogen-bond donors (Lipinski definition) is 1. The number of carbonyl (C=O) groups is 1. The summed E-state index contributed by atoms with van der Waals surface area (Å²) >= 11 is 0. The predicted molar refractivity (Wildman–Crippen MR) is 96.8 cm³/mol. The Bertz CT molecular complexity index is 542. The number of benzene rings is 1. The summed E-state index contributed by atoms with van der Waals surface area (Å²) in [7, 11) is 0. The van der Waals surface area contributed by atoms with Crippen LogP contribution in [0.25, 0.3) is 0 Å². The molecule has 24 heavy (non-hydrogen) atoms. The van der Waals surface area contributed by atoms with Gasteiger partial charge in [0.15, 0.2) is 0 Å². The first-order valence-electron chi connectivity index (χ1n) is 9.13. The van der Waals surface area contributed by atoms with Crippen LogP contribution in [0.3, 0.4) is 0 Å². The van der Waals surface area contributed by atoms with Gasteiger partial charge in [-0.2, -0.15) is 0 Å². The normalized spacial score (nSPS) is 19.2. The van der Waals surface area contributed by atoms with Crippen molar-refractivity contribution in [1.82, 2.24) is 4.90 Å². The van der Waals surface area contributed by atoms with E-state index in [1.54, 1.807) is 0 Å².